The minimum Gasteiger partial charge on any atom is -0.493 e. The largest absolute Gasteiger partial charge is 0.493 e. The van der Waals surface area contributed by atoms with Gasteiger partial charge in [0, 0.05) is 16.0 Å². The predicted molar refractivity (Wildman–Crippen MR) is 137 cm³/mol. The number of ether oxygens (including phenoxy) is 3. The first-order valence-corrected chi connectivity index (χ1v) is 11.7. The molecule has 0 aliphatic carbocycles. The second-order valence-corrected chi connectivity index (χ2v) is 8.60. The van der Waals surface area contributed by atoms with Crippen molar-refractivity contribution in [3.63, 3.8) is 0 Å². The van der Waals surface area contributed by atoms with Gasteiger partial charge in [0.25, 0.3) is 0 Å². The van der Waals surface area contributed by atoms with Crippen LogP contribution in [0.4, 0.5) is 11.5 Å². The molecule has 2 aromatic heterocycles. The highest BCUT2D eigenvalue weighted by Gasteiger charge is 2.17. The van der Waals surface area contributed by atoms with Crippen LogP contribution >= 0.6 is 22.9 Å². The standard InChI is InChI=1S/C26H20ClN3O3S/c1-31-22-10-8-16(12-23(22)32-2)19-14-34-26-24(19)25(28-15-29-26)30-20-13-17(27)9-11-21(20)33-18-6-4-3-5-7-18/h3-15H,1-2H3,(H,28,29,30). The van der Waals surface area contributed by atoms with E-state index in [9.17, 15) is 0 Å². The van der Waals surface area contributed by atoms with Crippen LogP contribution in [0.15, 0.2) is 78.4 Å². The molecule has 170 valence electrons. The maximum absolute atomic E-state index is 6.32. The summed E-state index contributed by atoms with van der Waals surface area (Å²) in [5, 5.41) is 6.95. The zero-order valence-corrected chi connectivity index (χ0v) is 20.0. The Bertz CT molecular complexity index is 1460. The maximum Gasteiger partial charge on any atom is 0.161 e. The monoisotopic (exact) mass is 489 g/mol. The summed E-state index contributed by atoms with van der Waals surface area (Å²) in [6.07, 6.45) is 1.54. The third kappa shape index (κ3) is 4.35. The molecule has 0 aliphatic rings. The molecule has 0 amide bonds. The summed E-state index contributed by atoms with van der Waals surface area (Å²) in [6.45, 7) is 0. The number of para-hydroxylation sites is 1. The molecule has 8 heteroatoms. The van der Waals surface area contributed by atoms with Crippen LogP contribution in [0.5, 0.6) is 23.0 Å². The van der Waals surface area contributed by atoms with Crippen molar-refractivity contribution >= 4 is 44.7 Å². The lowest BCUT2D eigenvalue weighted by Crippen LogP contribution is -1.98. The number of hydrogen-bond acceptors (Lipinski definition) is 7. The summed E-state index contributed by atoms with van der Waals surface area (Å²) in [5.41, 5.74) is 2.64. The number of thiophene rings is 1. The highest BCUT2D eigenvalue weighted by atomic mass is 35.5. The number of benzene rings is 3. The molecular weight excluding hydrogens is 470 g/mol. The van der Waals surface area contributed by atoms with Crippen LogP contribution in [0.1, 0.15) is 0 Å². The van der Waals surface area contributed by atoms with E-state index in [4.69, 9.17) is 25.8 Å². The SMILES string of the molecule is COc1ccc(-c2csc3ncnc(Nc4cc(Cl)ccc4Oc4ccccc4)c23)cc1OC. The van der Waals surface area contributed by atoms with Crippen molar-refractivity contribution in [2.45, 2.75) is 0 Å². The summed E-state index contributed by atoms with van der Waals surface area (Å²) >= 11 is 7.87. The fraction of sp³-hybridized carbons (Fsp3) is 0.0769. The van der Waals surface area contributed by atoms with Gasteiger partial charge in [0.05, 0.1) is 25.3 Å². The lowest BCUT2D eigenvalue weighted by atomic mass is 10.1. The Morgan fingerprint density at radius 1 is 0.853 bits per heavy atom. The van der Waals surface area contributed by atoms with E-state index in [1.807, 2.05) is 60.7 Å². The molecule has 0 unspecified atom stereocenters. The van der Waals surface area contributed by atoms with Gasteiger partial charge < -0.3 is 19.5 Å². The van der Waals surface area contributed by atoms with E-state index in [-0.39, 0.29) is 0 Å². The van der Waals surface area contributed by atoms with E-state index < -0.39 is 0 Å². The molecule has 0 saturated carbocycles. The maximum atomic E-state index is 6.32. The van der Waals surface area contributed by atoms with Gasteiger partial charge >= 0.3 is 0 Å². The zero-order chi connectivity index (χ0) is 23.5. The van der Waals surface area contributed by atoms with Crippen LogP contribution in [0.3, 0.4) is 0 Å². The molecule has 0 fully saturated rings. The smallest absolute Gasteiger partial charge is 0.161 e. The molecule has 5 aromatic rings. The molecule has 0 spiro atoms. The summed E-state index contributed by atoms with van der Waals surface area (Å²) in [4.78, 5) is 9.87. The molecule has 0 radical (unpaired) electrons. The van der Waals surface area contributed by atoms with E-state index in [1.165, 1.54) is 0 Å². The lowest BCUT2D eigenvalue weighted by molar-refractivity contribution is 0.355. The number of rotatable bonds is 7. The number of halogens is 1. The van der Waals surface area contributed by atoms with Gasteiger partial charge in [-0.2, -0.15) is 0 Å². The molecule has 0 atom stereocenters. The quantitative estimate of drug-likeness (QED) is 0.254. The highest BCUT2D eigenvalue weighted by molar-refractivity contribution is 7.17. The van der Waals surface area contributed by atoms with Crippen molar-refractivity contribution in [3.05, 3.63) is 83.5 Å². The first kappa shape index (κ1) is 22.0. The Balaban J connectivity index is 1.58. The Morgan fingerprint density at radius 2 is 1.65 bits per heavy atom. The van der Waals surface area contributed by atoms with Gasteiger partial charge in [-0.25, -0.2) is 9.97 Å². The number of methoxy groups -OCH3 is 2. The number of nitrogens with one attached hydrogen (secondary N) is 1. The molecule has 0 saturated heterocycles. The molecule has 3 aromatic carbocycles. The predicted octanol–water partition coefficient (Wildman–Crippen LogP) is 7.56. The van der Waals surface area contributed by atoms with Gasteiger partial charge in [-0.1, -0.05) is 35.9 Å². The molecule has 34 heavy (non-hydrogen) atoms. The minimum atomic E-state index is 0.582. The van der Waals surface area contributed by atoms with Crippen LogP contribution < -0.4 is 19.5 Å². The van der Waals surface area contributed by atoms with Gasteiger partial charge in [-0.05, 0) is 48.0 Å². The van der Waals surface area contributed by atoms with Gasteiger partial charge in [0.1, 0.15) is 22.7 Å². The first-order valence-electron chi connectivity index (χ1n) is 10.4. The number of nitrogens with zero attached hydrogens (tertiary/aromatic N) is 2. The van der Waals surface area contributed by atoms with Crippen molar-refractivity contribution in [3.8, 4) is 34.1 Å². The Hall–Kier alpha value is -3.81. The van der Waals surface area contributed by atoms with Crippen molar-refractivity contribution in [1.29, 1.82) is 0 Å². The Labute approximate surface area is 205 Å². The van der Waals surface area contributed by atoms with Crippen molar-refractivity contribution in [2.24, 2.45) is 0 Å². The first-order chi connectivity index (χ1) is 16.7. The van der Waals surface area contributed by atoms with E-state index in [1.54, 1.807) is 38.0 Å². The van der Waals surface area contributed by atoms with Gasteiger partial charge in [-0.3, -0.25) is 0 Å². The third-order valence-electron chi connectivity index (χ3n) is 5.23. The van der Waals surface area contributed by atoms with Gasteiger partial charge in [-0.15, -0.1) is 11.3 Å². The second-order valence-electron chi connectivity index (χ2n) is 7.30. The molecule has 2 heterocycles. The van der Waals surface area contributed by atoms with E-state index in [0.717, 1.165) is 27.1 Å². The highest BCUT2D eigenvalue weighted by Crippen LogP contribution is 2.42. The molecule has 1 N–H and O–H groups in total. The van der Waals surface area contributed by atoms with E-state index in [2.05, 4.69) is 20.7 Å². The van der Waals surface area contributed by atoms with E-state index in [0.29, 0.717) is 33.8 Å². The molecule has 6 nitrogen and oxygen atoms in total. The molecular formula is C26H20ClN3O3S. The number of aromatic nitrogens is 2. The topological polar surface area (TPSA) is 65.5 Å². The average molecular weight is 490 g/mol. The lowest BCUT2D eigenvalue weighted by Gasteiger charge is -2.14. The fourth-order valence-corrected chi connectivity index (χ4v) is 4.71. The summed E-state index contributed by atoms with van der Waals surface area (Å²) in [6, 6.07) is 20.8. The molecule has 0 bridgehead atoms. The number of fused-ring (bicyclic) bond motifs is 1. The van der Waals surface area contributed by atoms with Crippen LogP contribution in [-0.2, 0) is 0 Å². The molecule has 5 rings (SSSR count). The van der Waals surface area contributed by atoms with Crippen LogP contribution in [0.25, 0.3) is 21.3 Å². The summed E-state index contributed by atoms with van der Waals surface area (Å²) in [5.74, 6) is 3.32. The van der Waals surface area contributed by atoms with Crippen molar-refractivity contribution < 1.29 is 14.2 Å². The third-order valence-corrected chi connectivity index (χ3v) is 6.35. The number of anilines is 2. The number of hydrogen-bond donors (Lipinski definition) is 1. The second kappa shape index (κ2) is 9.59. The fourth-order valence-electron chi connectivity index (χ4n) is 3.62. The Kier molecular flexibility index (Phi) is 6.20. The summed E-state index contributed by atoms with van der Waals surface area (Å²) in [7, 11) is 3.24. The Morgan fingerprint density at radius 3 is 2.44 bits per heavy atom. The minimum absolute atomic E-state index is 0.582. The average Bonchev–Trinajstić information content (AvgIpc) is 3.31. The van der Waals surface area contributed by atoms with Crippen molar-refractivity contribution in [2.75, 3.05) is 19.5 Å². The van der Waals surface area contributed by atoms with Crippen LogP contribution in [-0.4, -0.2) is 24.2 Å². The zero-order valence-electron chi connectivity index (χ0n) is 18.4. The van der Waals surface area contributed by atoms with E-state index >= 15 is 0 Å². The molecule has 0 aliphatic heterocycles. The van der Waals surface area contributed by atoms with Gasteiger partial charge in [0.2, 0.25) is 0 Å². The van der Waals surface area contributed by atoms with Crippen LogP contribution in [0, 0.1) is 0 Å². The van der Waals surface area contributed by atoms with Crippen molar-refractivity contribution in [1.82, 2.24) is 9.97 Å². The normalized spacial score (nSPS) is 10.8. The van der Waals surface area contributed by atoms with Crippen LogP contribution in [0.2, 0.25) is 5.02 Å². The summed E-state index contributed by atoms with van der Waals surface area (Å²) < 4.78 is 17.0. The van der Waals surface area contributed by atoms with Gasteiger partial charge in [0.15, 0.2) is 17.2 Å².